The van der Waals surface area contributed by atoms with Crippen molar-refractivity contribution in [3.63, 3.8) is 0 Å². The molecule has 0 spiro atoms. The number of benzene rings is 1. The van der Waals surface area contributed by atoms with Crippen LogP contribution in [0.4, 0.5) is 0 Å². The summed E-state index contributed by atoms with van der Waals surface area (Å²) in [5.41, 5.74) is 2.33. The third-order valence-electron chi connectivity index (χ3n) is 4.22. The number of aryl methyl sites for hydroxylation is 1. The van der Waals surface area contributed by atoms with Crippen molar-refractivity contribution in [3.8, 4) is 0 Å². The molecule has 114 valence electrons. The van der Waals surface area contributed by atoms with Gasteiger partial charge in [-0.3, -0.25) is 9.59 Å². The van der Waals surface area contributed by atoms with E-state index in [4.69, 9.17) is 0 Å². The fourth-order valence-corrected chi connectivity index (χ4v) is 2.47. The molecule has 1 saturated carbocycles. The molecule has 0 atom stereocenters. The second-order valence-electron chi connectivity index (χ2n) is 5.79. The molecule has 1 N–H and O–H groups in total. The Morgan fingerprint density at radius 3 is 2.57 bits per heavy atom. The summed E-state index contributed by atoms with van der Waals surface area (Å²) in [6, 6.07) is 8.07. The van der Waals surface area contributed by atoms with E-state index in [1.54, 1.807) is 11.8 Å². The van der Waals surface area contributed by atoms with Crippen LogP contribution in [0.25, 0.3) is 0 Å². The Hall–Kier alpha value is -1.84. The summed E-state index contributed by atoms with van der Waals surface area (Å²) in [6.45, 7) is 5.31. The first kappa shape index (κ1) is 15.5. The Labute approximate surface area is 126 Å². The summed E-state index contributed by atoms with van der Waals surface area (Å²) in [4.78, 5) is 25.3. The first-order chi connectivity index (χ1) is 10.1. The van der Waals surface area contributed by atoms with Crippen molar-refractivity contribution in [3.05, 3.63) is 35.4 Å². The Kier molecular flexibility index (Phi) is 5.37. The molecule has 4 heteroatoms. The Morgan fingerprint density at radius 1 is 1.29 bits per heavy atom. The summed E-state index contributed by atoms with van der Waals surface area (Å²) >= 11 is 0. The molecule has 1 aromatic rings. The van der Waals surface area contributed by atoms with Crippen LogP contribution in [0.2, 0.25) is 0 Å². The van der Waals surface area contributed by atoms with Crippen molar-refractivity contribution in [1.29, 1.82) is 0 Å². The molecule has 0 saturated heterocycles. The number of hydrogen-bond donors (Lipinski definition) is 1. The standard InChI is InChI=1S/C17H24N2O2/c1-13-6-3-4-7-16(13)12-19(14(2)20)11-10-18-17(21)15-8-5-9-15/h3-4,6-7,15H,5,8-12H2,1-2H3,(H,18,21). The topological polar surface area (TPSA) is 49.4 Å². The van der Waals surface area contributed by atoms with Gasteiger partial charge in [-0.25, -0.2) is 0 Å². The number of rotatable bonds is 6. The molecule has 1 fully saturated rings. The minimum absolute atomic E-state index is 0.0381. The van der Waals surface area contributed by atoms with Crippen molar-refractivity contribution in [2.45, 2.75) is 39.7 Å². The number of nitrogens with zero attached hydrogens (tertiary/aromatic N) is 1. The third-order valence-corrected chi connectivity index (χ3v) is 4.22. The summed E-state index contributed by atoms with van der Waals surface area (Å²) in [5, 5.41) is 2.94. The van der Waals surface area contributed by atoms with Gasteiger partial charge in [0.25, 0.3) is 0 Å². The van der Waals surface area contributed by atoms with E-state index >= 15 is 0 Å². The molecule has 4 nitrogen and oxygen atoms in total. The lowest BCUT2D eigenvalue weighted by Gasteiger charge is -2.26. The van der Waals surface area contributed by atoms with Gasteiger partial charge in [-0.05, 0) is 30.9 Å². The zero-order valence-electron chi connectivity index (χ0n) is 12.9. The van der Waals surface area contributed by atoms with Crippen molar-refractivity contribution in [2.75, 3.05) is 13.1 Å². The van der Waals surface area contributed by atoms with Gasteiger partial charge in [-0.1, -0.05) is 30.7 Å². The lowest BCUT2D eigenvalue weighted by Crippen LogP contribution is -2.40. The van der Waals surface area contributed by atoms with Crippen LogP contribution in [0, 0.1) is 12.8 Å². The molecule has 1 aliphatic rings. The van der Waals surface area contributed by atoms with Gasteiger partial charge in [-0.15, -0.1) is 0 Å². The van der Waals surface area contributed by atoms with Crippen LogP contribution in [-0.4, -0.2) is 29.8 Å². The molecular weight excluding hydrogens is 264 g/mol. The number of hydrogen-bond acceptors (Lipinski definition) is 2. The predicted octanol–water partition coefficient (Wildman–Crippen LogP) is 2.26. The van der Waals surface area contributed by atoms with E-state index in [0.717, 1.165) is 24.8 Å². The molecule has 1 aliphatic carbocycles. The van der Waals surface area contributed by atoms with Crippen molar-refractivity contribution in [1.82, 2.24) is 10.2 Å². The summed E-state index contributed by atoms with van der Waals surface area (Å²) < 4.78 is 0. The molecule has 1 aromatic carbocycles. The van der Waals surface area contributed by atoms with E-state index in [0.29, 0.717) is 19.6 Å². The lowest BCUT2D eigenvalue weighted by atomic mass is 9.85. The van der Waals surface area contributed by atoms with Gasteiger partial charge in [0, 0.05) is 32.5 Å². The second kappa shape index (κ2) is 7.25. The minimum Gasteiger partial charge on any atom is -0.354 e. The van der Waals surface area contributed by atoms with E-state index in [2.05, 4.69) is 5.32 Å². The lowest BCUT2D eigenvalue weighted by molar-refractivity contribution is -0.131. The highest BCUT2D eigenvalue weighted by Gasteiger charge is 2.24. The summed E-state index contributed by atoms with van der Waals surface area (Å²) in [6.07, 6.45) is 3.17. The van der Waals surface area contributed by atoms with E-state index in [9.17, 15) is 9.59 Å². The molecule has 0 heterocycles. The van der Waals surface area contributed by atoms with E-state index < -0.39 is 0 Å². The van der Waals surface area contributed by atoms with Gasteiger partial charge in [0.05, 0.1) is 0 Å². The molecule has 2 amide bonds. The molecular formula is C17H24N2O2. The number of amides is 2. The van der Waals surface area contributed by atoms with Crippen LogP contribution in [0.15, 0.2) is 24.3 Å². The van der Waals surface area contributed by atoms with Crippen LogP contribution in [0.5, 0.6) is 0 Å². The van der Waals surface area contributed by atoms with Gasteiger partial charge >= 0.3 is 0 Å². The highest BCUT2D eigenvalue weighted by Crippen LogP contribution is 2.26. The Morgan fingerprint density at radius 2 is 2.00 bits per heavy atom. The van der Waals surface area contributed by atoms with Crippen molar-refractivity contribution >= 4 is 11.8 Å². The fourth-order valence-electron chi connectivity index (χ4n) is 2.47. The average Bonchev–Trinajstić information content (AvgIpc) is 2.37. The van der Waals surface area contributed by atoms with E-state index in [-0.39, 0.29) is 17.7 Å². The molecule has 2 rings (SSSR count). The van der Waals surface area contributed by atoms with Crippen LogP contribution in [0.1, 0.15) is 37.3 Å². The molecule has 0 unspecified atom stereocenters. The molecule has 0 aliphatic heterocycles. The zero-order valence-corrected chi connectivity index (χ0v) is 12.9. The van der Waals surface area contributed by atoms with Gasteiger partial charge in [0.2, 0.25) is 11.8 Å². The van der Waals surface area contributed by atoms with E-state index in [1.807, 2.05) is 31.2 Å². The maximum Gasteiger partial charge on any atom is 0.223 e. The van der Waals surface area contributed by atoms with Gasteiger partial charge in [0.15, 0.2) is 0 Å². The highest BCUT2D eigenvalue weighted by molar-refractivity contribution is 5.79. The minimum atomic E-state index is 0.0381. The van der Waals surface area contributed by atoms with Gasteiger partial charge < -0.3 is 10.2 Å². The zero-order chi connectivity index (χ0) is 15.2. The first-order valence-corrected chi connectivity index (χ1v) is 7.65. The van der Waals surface area contributed by atoms with Crippen LogP contribution in [-0.2, 0) is 16.1 Å². The normalized spacial score (nSPS) is 14.4. The first-order valence-electron chi connectivity index (χ1n) is 7.65. The number of nitrogens with one attached hydrogen (secondary N) is 1. The smallest absolute Gasteiger partial charge is 0.223 e. The Balaban J connectivity index is 1.83. The highest BCUT2D eigenvalue weighted by atomic mass is 16.2. The fraction of sp³-hybridized carbons (Fsp3) is 0.529. The number of carbonyl (C=O) groups excluding carboxylic acids is 2. The molecule has 0 radical (unpaired) electrons. The SMILES string of the molecule is CC(=O)N(CCNC(=O)C1CCC1)Cc1ccccc1C. The number of carbonyl (C=O) groups is 2. The largest absolute Gasteiger partial charge is 0.354 e. The maximum atomic E-state index is 11.8. The maximum absolute atomic E-state index is 11.8. The molecule has 21 heavy (non-hydrogen) atoms. The van der Waals surface area contributed by atoms with Crippen LogP contribution in [0.3, 0.4) is 0 Å². The summed E-state index contributed by atoms with van der Waals surface area (Å²) in [7, 11) is 0. The monoisotopic (exact) mass is 288 g/mol. The predicted molar refractivity (Wildman–Crippen MR) is 82.6 cm³/mol. The quantitative estimate of drug-likeness (QED) is 0.873. The Bertz CT molecular complexity index is 509. The molecule has 0 bridgehead atoms. The van der Waals surface area contributed by atoms with Crippen LogP contribution >= 0.6 is 0 Å². The van der Waals surface area contributed by atoms with Gasteiger partial charge in [0.1, 0.15) is 0 Å². The molecule has 0 aromatic heterocycles. The third kappa shape index (κ3) is 4.31. The van der Waals surface area contributed by atoms with Crippen molar-refractivity contribution < 1.29 is 9.59 Å². The van der Waals surface area contributed by atoms with Gasteiger partial charge in [-0.2, -0.15) is 0 Å². The second-order valence-corrected chi connectivity index (χ2v) is 5.79. The summed E-state index contributed by atoms with van der Waals surface area (Å²) in [5.74, 6) is 0.379. The van der Waals surface area contributed by atoms with Crippen molar-refractivity contribution in [2.24, 2.45) is 5.92 Å². The van der Waals surface area contributed by atoms with Crippen LogP contribution < -0.4 is 5.32 Å². The van der Waals surface area contributed by atoms with E-state index in [1.165, 1.54) is 5.56 Å². The average molecular weight is 288 g/mol.